The molecule has 1 amide bonds. The van der Waals surface area contributed by atoms with Crippen molar-refractivity contribution >= 4 is 22.6 Å². The average molecular weight is 265 g/mol. The van der Waals surface area contributed by atoms with Crippen molar-refractivity contribution in [3.05, 3.63) is 65.4 Å². The molecule has 100 valence electrons. The molecule has 20 heavy (non-hydrogen) atoms. The van der Waals surface area contributed by atoms with Crippen molar-refractivity contribution in [2.45, 2.75) is 13.8 Å². The van der Waals surface area contributed by atoms with Crippen LogP contribution < -0.4 is 5.32 Å². The number of amides is 1. The second-order valence-corrected chi connectivity index (χ2v) is 4.87. The van der Waals surface area contributed by atoms with E-state index in [-0.39, 0.29) is 5.91 Å². The van der Waals surface area contributed by atoms with Crippen LogP contribution in [0.15, 0.2) is 52.9 Å². The van der Waals surface area contributed by atoms with Gasteiger partial charge in [-0.1, -0.05) is 35.9 Å². The monoisotopic (exact) mass is 265 g/mol. The molecule has 0 fully saturated rings. The molecule has 0 aliphatic rings. The fourth-order valence-electron chi connectivity index (χ4n) is 2.22. The number of anilines is 1. The fraction of sp³-hybridized carbons (Fsp3) is 0.118. The van der Waals surface area contributed by atoms with E-state index in [0.717, 1.165) is 27.8 Å². The second-order valence-electron chi connectivity index (χ2n) is 4.87. The van der Waals surface area contributed by atoms with E-state index in [0.29, 0.717) is 5.76 Å². The molecule has 0 saturated heterocycles. The van der Waals surface area contributed by atoms with E-state index in [2.05, 4.69) is 5.32 Å². The molecule has 3 nitrogen and oxygen atoms in total. The summed E-state index contributed by atoms with van der Waals surface area (Å²) in [6.07, 6.45) is 0. The molecule has 2 aromatic carbocycles. The first-order valence-electron chi connectivity index (χ1n) is 6.51. The normalized spacial score (nSPS) is 10.7. The SMILES string of the molecule is Cc1ccc(NC(=O)c2oc3ccccc3c2C)cc1. The molecule has 1 N–H and O–H groups in total. The van der Waals surface area contributed by atoms with Gasteiger partial charge in [0, 0.05) is 16.6 Å². The van der Waals surface area contributed by atoms with Gasteiger partial charge in [0.15, 0.2) is 5.76 Å². The summed E-state index contributed by atoms with van der Waals surface area (Å²) in [7, 11) is 0. The minimum atomic E-state index is -0.220. The predicted molar refractivity (Wildman–Crippen MR) is 80.1 cm³/mol. The molecule has 3 rings (SSSR count). The van der Waals surface area contributed by atoms with Gasteiger partial charge in [-0.2, -0.15) is 0 Å². The Labute approximate surface area is 117 Å². The third kappa shape index (κ3) is 2.18. The van der Waals surface area contributed by atoms with Crippen LogP contribution in [0.2, 0.25) is 0 Å². The number of rotatable bonds is 2. The van der Waals surface area contributed by atoms with Gasteiger partial charge in [0.25, 0.3) is 5.91 Å². The summed E-state index contributed by atoms with van der Waals surface area (Å²) in [5.74, 6) is 0.148. The van der Waals surface area contributed by atoms with Crippen LogP contribution in [0, 0.1) is 13.8 Å². The smallest absolute Gasteiger partial charge is 0.291 e. The number of nitrogens with one attached hydrogen (secondary N) is 1. The van der Waals surface area contributed by atoms with Crippen molar-refractivity contribution in [2.24, 2.45) is 0 Å². The highest BCUT2D eigenvalue weighted by atomic mass is 16.3. The number of carbonyl (C=O) groups excluding carboxylic acids is 1. The third-order valence-electron chi connectivity index (χ3n) is 3.36. The number of aryl methyl sites for hydroxylation is 2. The molecule has 0 radical (unpaired) electrons. The first kappa shape index (κ1) is 12.5. The molecule has 3 heteroatoms. The highest BCUT2D eigenvalue weighted by molar-refractivity contribution is 6.06. The fourth-order valence-corrected chi connectivity index (χ4v) is 2.22. The van der Waals surface area contributed by atoms with Crippen molar-refractivity contribution in [1.29, 1.82) is 0 Å². The van der Waals surface area contributed by atoms with Crippen LogP contribution in [0.4, 0.5) is 5.69 Å². The van der Waals surface area contributed by atoms with Gasteiger partial charge in [0.05, 0.1) is 0 Å². The van der Waals surface area contributed by atoms with Crippen molar-refractivity contribution in [3.8, 4) is 0 Å². The van der Waals surface area contributed by atoms with Crippen LogP contribution in [0.1, 0.15) is 21.7 Å². The van der Waals surface area contributed by atoms with Gasteiger partial charge in [-0.15, -0.1) is 0 Å². The lowest BCUT2D eigenvalue weighted by Crippen LogP contribution is -2.11. The molecule has 0 unspecified atom stereocenters. The van der Waals surface area contributed by atoms with Crippen LogP contribution >= 0.6 is 0 Å². The number of benzene rings is 2. The number of hydrogen-bond donors (Lipinski definition) is 1. The second kappa shape index (κ2) is 4.85. The van der Waals surface area contributed by atoms with E-state index in [1.807, 2.05) is 62.4 Å². The molecule has 1 heterocycles. The molecule has 0 saturated carbocycles. The summed E-state index contributed by atoms with van der Waals surface area (Å²) in [6.45, 7) is 3.91. The number of carbonyl (C=O) groups is 1. The zero-order chi connectivity index (χ0) is 14.1. The first-order valence-corrected chi connectivity index (χ1v) is 6.51. The van der Waals surface area contributed by atoms with Gasteiger partial charge in [-0.25, -0.2) is 0 Å². The van der Waals surface area contributed by atoms with Crippen LogP contribution in [-0.2, 0) is 0 Å². The molecule has 0 spiro atoms. The topological polar surface area (TPSA) is 42.2 Å². The van der Waals surface area contributed by atoms with Gasteiger partial charge in [0.2, 0.25) is 0 Å². The quantitative estimate of drug-likeness (QED) is 0.750. The van der Waals surface area contributed by atoms with Crippen LogP contribution in [0.25, 0.3) is 11.0 Å². The molecule has 0 bridgehead atoms. The molecular weight excluding hydrogens is 250 g/mol. The van der Waals surface area contributed by atoms with Gasteiger partial charge < -0.3 is 9.73 Å². The predicted octanol–water partition coefficient (Wildman–Crippen LogP) is 4.30. The Kier molecular flexibility index (Phi) is 3.03. The van der Waals surface area contributed by atoms with E-state index >= 15 is 0 Å². The Balaban J connectivity index is 1.92. The van der Waals surface area contributed by atoms with E-state index in [9.17, 15) is 4.79 Å². The molecule has 0 aliphatic heterocycles. The molecule has 0 aliphatic carbocycles. The minimum Gasteiger partial charge on any atom is -0.451 e. The summed E-state index contributed by atoms with van der Waals surface area (Å²) < 4.78 is 5.64. The Morgan fingerprint density at radius 1 is 1.00 bits per heavy atom. The standard InChI is InChI=1S/C17H15NO2/c1-11-7-9-13(10-8-11)18-17(19)16-12(2)14-5-3-4-6-15(14)20-16/h3-10H,1-2H3,(H,18,19). The Hall–Kier alpha value is -2.55. The molecule has 3 aromatic rings. The number of fused-ring (bicyclic) bond motifs is 1. The van der Waals surface area contributed by atoms with Crippen LogP contribution in [0.5, 0.6) is 0 Å². The zero-order valence-corrected chi connectivity index (χ0v) is 11.4. The van der Waals surface area contributed by atoms with Crippen LogP contribution in [0.3, 0.4) is 0 Å². The third-order valence-corrected chi connectivity index (χ3v) is 3.36. The summed E-state index contributed by atoms with van der Waals surface area (Å²) in [6, 6.07) is 15.3. The first-order chi connectivity index (χ1) is 9.65. The lowest BCUT2D eigenvalue weighted by atomic mass is 10.1. The van der Waals surface area contributed by atoms with Crippen molar-refractivity contribution in [3.63, 3.8) is 0 Å². The van der Waals surface area contributed by atoms with E-state index < -0.39 is 0 Å². The van der Waals surface area contributed by atoms with Gasteiger partial charge in [-0.3, -0.25) is 4.79 Å². The number of furan rings is 1. The largest absolute Gasteiger partial charge is 0.451 e. The maximum absolute atomic E-state index is 12.3. The molecule has 0 atom stereocenters. The zero-order valence-electron chi connectivity index (χ0n) is 11.4. The van der Waals surface area contributed by atoms with E-state index in [1.54, 1.807) is 0 Å². The number of hydrogen-bond acceptors (Lipinski definition) is 2. The Morgan fingerprint density at radius 2 is 1.70 bits per heavy atom. The van der Waals surface area contributed by atoms with Gasteiger partial charge in [0.1, 0.15) is 5.58 Å². The average Bonchev–Trinajstić information content (AvgIpc) is 2.79. The van der Waals surface area contributed by atoms with Gasteiger partial charge >= 0.3 is 0 Å². The van der Waals surface area contributed by atoms with Crippen molar-refractivity contribution in [1.82, 2.24) is 0 Å². The summed E-state index contributed by atoms with van der Waals surface area (Å²) in [5, 5.41) is 3.83. The summed E-state index contributed by atoms with van der Waals surface area (Å²) in [4.78, 5) is 12.3. The van der Waals surface area contributed by atoms with Crippen LogP contribution in [-0.4, -0.2) is 5.91 Å². The van der Waals surface area contributed by atoms with E-state index in [1.165, 1.54) is 0 Å². The Bertz CT molecular complexity index is 769. The number of para-hydroxylation sites is 1. The van der Waals surface area contributed by atoms with E-state index in [4.69, 9.17) is 4.42 Å². The highest BCUT2D eigenvalue weighted by Gasteiger charge is 2.17. The summed E-state index contributed by atoms with van der Waals surface area (Å²) >= 11 is 0. The van der Waals surface area contributed by atoms with Crippen molar-refractivity contribution in [2.75, 3.05) is 5.32 Å². The molecule has 1 aromatic heterocycles. The van der Waals surface area contributed by atoms with Crippen molar-refractivity contribution < 1.29 is 9.21 Å². The lowest BCUT2D eigenvalue weighted by Gasteiger charge is -2.04. The summed E-state index contributed by atoms with van der Waals surface area (Å²) in [5.41, 5.74) is 3.52. The highest BCUT2D eigenvalue weighted by Crippen LogP contribution is 2.25. The molecular formula is C17H15NO2. The van der Waals surface area contributed by atoms with Gasteiger partial charge in [-0.05, 0) is 32.0 Å². The maximum Gasteiger partial charge on any atom is 0.291 e. The minimum absolute atomic E-state index is 0.220. The Morgan fingerprint density at radius 3 is 2.40 bits per heavy atom. The maximum atomic E-state index is 12.3. The lowest BCUT2D eigenvalue weighted by molar-refractivity contribution is 0.0998.